The second kappa shape index (κ2) is 11.8. The molecule has 6 heteroatoms. The molecule has 1 saturated heterocycles. The van der Waals surface area contributed by atoms with Gasteiger partial charge in [0.05, 0.1) is 0 Å². The molecule has 1 aliphatic heterocycles. The summed E-state index contributed by atoms with van der Waals surface area (Å²) in [7, 11) is 8.29. The molecule has 30 heavy (non-hydrogen) atoms. The standard InChI is InChI=1S/C23H33N2Si.CH3.2ClH.Ti/c1-17-8-10-19(11-9-17)20-6-5-7-21-22(20)16-18(2)23(21)26(3,4)25-14-12-24-13-15-25;;;;/h5-11,18,21-23H,12-16H2,1-4H3;1H3;2*1H;/q2*-1;;;+2/p-2. The molecule has 2 fully saturated rings. The van der Waals surface area contributed by atoms with Crippen molar-refractivity contribution in [2.24, 2.45) is 17.8 Å². The van der Waals surface area contributed by atoms with Crippen molar-refractivity contribution in [3.8, 4) is 0 Å². The summed E-state index contributed by atoms with van der Waals surface area (Å²) in [6.45, 7) is 14.4. The Hall–Kier alpha value is 0.131. The average molecular weight is 499 g/mol. The number of fused-ring (bicyclic) bond motifs is 1. The Labute approximate surface area is 202 Å². The van der Waals surface area contributed by atoms with E-state index in [4.69, 9.17) is 18.6 Å². The minimum atomic E-state index is -1.49. The van der Waals surface area contributed by atoms with Crippen LogP contribution in [0.15, 0.2) is 42.5 Å². The van der Waals surface area contributed by atoms with Crippen molar-refractivity contribution in [1.29, 1.82) is 0 Å². The fourth-order valence-electron chi connectivity index (χ4n) is 5.95. The third-order valence-corrected chi connectivity index (χ3v) is 11.9. The Morgan fingerprint density at radius 2 is 1.70 bits per heavy atom. The van der Waals surface area contributed by atoms with Gasteiger partial charge in [0.2, 0.25) is 0 Å². The van der Waals surface area contributed by atoms with Gasteiger partial charge in [0.25, 0.3) is 0 Å². The zero-order valence-electron chi connectivity index (χ0n) is 19.0. The quantitative estimate of drug-likeness (QED) is 0.315. The Morgan fingerprint density at radius 1 is 1.10 bits per heavy atom. The Bertz CT molecular complexity index is 729. The number of hydrogen-bond acceptors (Lipinski definition) is 1. The molecular weight excluding hydrogens is 463 g/mol. The first-order valence-electron chi connectivity index (χ1n) is 10.7. The summed E-state index contributed by atoms with van der Waals surface area (Å²) in [5, 5.41) is 4.58. The molecule has 4 unspecified atom stereocenters. The predicted octanol–water partition coefficient (Wildman–Crippen LogP) is 7.31. The van der Waals surface area contributed by atoms with Crippen molar-refractivity contribution >= 4 is 32.4 Å². The van der Waals surface area contributed by atoms with Crippen molar-refractivity contribution in [2.75, 3.05) is 26.2 Å². The van der Waals surface area contributed by atoms with E-state index < -0.39 is 25.3 Å². The Morgan fingerprint density at radius 3 is 2.30 bits per heavy atom. The van der Waals surface area contributed by atoms with E-state index in [1.165, 1.54) is 30.6 Å². The van der Waals surface area contributed by atoms with Crippen LogP contribution < -0.4 is 0 Å². The number of piperazine rings is 1. The molecule has 0 radical (unpaired) electrons. The number of nitrogens with zero attached hydrogens (tertiary/aromatic N) is 2. The number of benzene rings is 1. The van der Waals surface area contributed by atoms with E-state index in [0.29, 0.717) is 11.8 Å². The van der Waals surface area contributed by atoms with Crippen LogP contribution in [0.2, 0.25) is 18.6 Å². The van der Waals surface area contributed by atoms with Gasteiger partial charge in [-0.3, -0.25) is 0 Å². The van der Waals surface area contributed by atoms with Crippen molar-refractivity contribution in [3.63, 3.8) is 0 Å². The molecule has 4 rings (SSSR count). The number of allylic oxidation sites excluding steroid dienone is 4. The summed E-state index contributed by atoms with van der Waals surface area (Å²) in [6.07, 6.45) is 8.61. The summed E-state index contributed by atoms with van der Waals surface area (Å²) in [5.74, 6) is 2.22. The van der Waals surface area contributed by atoms with Crippen LogP contribution in [0, 0.1) is 32.1 Å². The van der Waals surface area contributed by atoms with Crippen molar-refractivity contribution in [1.82, 2.24) is 4.57 Å². The maximum atomic E-state index is 4.89. The fraction of sp³-hybridized carbons (Fsp3) is 0.542. The normalized spacial score (nSPS) is 28.5. The van der Waals surface area contributed by atoms with Crippen LogP contribution >= 0.6 is 18.6 Å². The zero-order chi connectivity index (χ0) is 21.0. The molecule has 2 nitrogen and oxygen atoms in total. The van der Waals surface area contributed by atoms with Gasteiger partial charge in [-0.1, -0.05) is 68.1 Å². The molecule has 0 N–H and O–H groups in total. The average Bonchev–Trinajstić information content (AvgIpc) is 3.06. The van der Waals surface area contributed by atoms with E-state index in [1.807, 2.05) is 0 Å². The topological polar surface area (TPSA) is 17.3 Å². The molecule has 166 valence electrons. The van der Waals surface area contributed by atoms with Crippen molar-refractivity contribution in [2.45, 2.75) is 38.9 Å². The number of aryl methyl sites for hydroxylation is 1. The van der Waals surface area contributed by atoms with Gasteiger partial charge >= 0.3 is 35.6 Å². The van der Waals surface area contributed by atoms with Gasteiger partial charge in [-0.2, -0.15) is 0 Å². The molecule has 4 atom stereocenters. The van der Waals surface area contributed by atoms with Gasteiger partial charge in [0.1, 0.15) is 8.24 Å². The van der Waals surface area contributed by atoms with Crippen molar-refractivity contribution in [3.05, 3.63) is 66.4 Å². The summed E-state index contributed by atoms with van der Waals surface area (Å²) < 4.78 is 2.85. The molecule has 1 aromatic carbocycles. The van der Waals surface area contributed by atoms with Gasteiger partial charge in [0, 0.05) is 0 Å². The van der Waals surface area contributed by atoms with Crippen LogP contribution in [0.4, 0.5) is 0 Å². The molecule has 3 aliphatic rings. The third kappa shape index (κ3) is 5.73. The fourth-order valence-corrected chi connectivity index (χ4v) is 10.5. The van der Waals surface area contributed by atoms with Crippen LogP contribution in [-0.4, -0.2) is 39.0 Å². The van der Waals surface area contributed by atoms with E-state index in [2.05, 4.69) is 79.3 Å². The van der Waals surface area contributed by atoms with Gasteiger partial charge in [-0.15, -0.1) is 13.1 Å². The summed E-state index contributed by atoms with van der Waals surface area (Å²) in [4.78, 5) is 0. The van der Waals surface area contributed by atoms with Crippen molar-refractivity contribution < 1.29 is 17.0 Å². The predicted molar refractivity (Wildman–Crippen MR) is 133 cm³/mol. The van der Waals surface area contributed by atoms with Crippen LogP contribution in [-0.2, 0) is 17.0 Å². The van der Waals surface area contributed by atoms with E-state index >= 15 is 0 Å². The molecule has 0 amide bonds. The second-order valence-electron chi connectivity index (χ2n) is 9.18. The van der Waals surface area contributed by atoms with Crippen LogP contribution in [0.1, 0.15) is 24.5 Å². The Kier molecular flexibility index (Phi) is 10.4. The van der Waals surface area contributed by atoms with Gasteiger partial charge in [-0.25, -0.2) is 0 Å². The molecule has 2 aliphatic carbocycles. The first-order valence-corrected chi connectivity index (χ1v) is 18.0. The minimum absolute atomic E-state index is 0. The monoisotopic (exact) mass is 498 g/mol. The zero-order valence-corrected chi connectivity index (χ0v) is 23.1. The van der Waals surface area contributed by atoms with Crippen LogP contribution in [0.5, 0.6) is 0 Å². The van der Waals surface area contributed by atoms with Crippen LogP contribution in [0.25, 0.3) is 10.9 Å². The second-order valence-corrected chi connectivity index (χ2v) is 16.4. The first kappa shape index (κ1) is 26.4. The van der Waals surface area contributed by atoms with E-state index in [1.54, 1.807) is 5.57 Å². The molecule has 0 spiro atoms. The van der Waals surface area contributed by atoms with E-state index in [9.17, 15) is 0 Å². The van der Waals surface area contributed by atoms with Crippen LogP contribution in [0.3, 0.4) is 0 Å². The number of rotatable bonds is 3. The summed E-state index contributed by atoms with van der Waals surface area (Å²) >= 11 is -0.556. The molecule has 1 saturated carbocycles. The number of halogens is 2. The third-order valence-electron chi connectivity index (χ3n) is 7.20. The van der Waals surface area contributed by atoms with E-state index in [-0.39, 0.29) is 7.43 Å². The van der Waals surface area contributed by atoms with E-state index in [0.717, 1.165) is 24.5 Å². The molecule has 0 aromatic heterocycles. The SMILES string of the molecule is Cc1ccc(C2=CC=CC3C2CC(C)C3[Si](C)(C)N2CC[N-]CC2)cc1.[CH3-].[Cl][Ti][Cl]. The summed E-state index contributed by atoms with van der Waals surface area (Å²) in [6, 6.07) is 9.17. The molecule has 1 aromatic rings. The molecule has 1 heterocycles. The molecule has 0 bridgehead atoms. The summed E-state index contributed by atoms with van der Waals surface area (Å²) in [5.41, 5.74) is 5.19. The maximum absolute atomic E-state index is 4.89. The first-order chi connectivity index (χ1) is 13.9. The van der Waals surface area contributed by atoms with Gasteiger partial charge < -0.3 is 17.3 Å². The molecular formula is C24H36Cl2N2SiTi-2. The van der Waals surface area contributed by atoms with Gasteiger partial charge in [-0.05, 0) is 60.9 Å². The number of hydrogen-bond donors (Lipinski definition) is 0. The Balaban J connectivity index is 0.000000757. The van der Waals surface area contributed by atoms with Gasteiger partial charge in [0.15, 0.2) is 0 Å².